The zero-order chi connectivity index (χ0) is 11.4. The SMILES string of the molecule is C#CCN(C)c1ccc([C@H](C)N)cc1F. The molecule has 0 fully saturated rings. The number of benzene rings is 1. The largest absolute Gasteiger partial charge is 0.361 e. The number of anilines is 1. The fraction of sp³-hybridized carbons (Fsp3) is 0.333. The molecule has 0 unspecified atom stereocenters. The van der Waals surface area contributed by atoms with Crippen LogP contribution in [0.2, 0.25) is 0 Å². The summed E-state index contributed by atoms with van der Waals surface area (Å²) < 4.78 is 13.6. The Morgan fingerprint density at radius 1 is 1.60 bits per heavy atom. The fourth-order valence-electron chi connectivity index (χ4n) is 1.34. The summed E-state index contributed by atoms with van der Waals surface area (Å²) in [6.45, 7) is 2.20. The van der Waals surface area contributed by atoms with Crippen LogP contribution in [0.25, 0.3) is 0 Å². The molecule has 15 heavy (non-hydrogen) atoms. The van der Waals surface area contributed by atoms with Crippen molar-refractivity contribution in [3.05, 3.63) is 29.6 Å². The van der Waals surface area contributed by atoms with E-state index in [0.717, 1.165) is 5.56 Å². The smallest absolute Gasteiger partial charge is 0.146 e. The normalized spacial score (nSPS) is 11.9. The van der Waals surface area contributed by atoms with Crippen molar-refractivity contribution in [2.75, 3.05) is 18.5 Å². The molecule has 0 aliphatic heterocycles. The molecule has 0 saturated heterocycles. The van der Waals surface area contributed by atoms with Gasteiger partial charge in [0.1, 0.15) is 5.82 Å². The summed E-state index contributed by atoms with van der Waals surface area (Å²) in [4.78, 5) is 1.68. The van der Waals surface area contributed by atoms with Gasteiger partial charge < -0.3 is 10.6 Å². The van der Waals surface area contributed by atoms with Gasteiger partial charge in [-0.15, -0.1) is 6.42 Å². The first kappa shape index (κ1) is 11.5. The van der Waals surface area contributed by atoms with E-state index >= 15 is 0 Å². The third-order valence-corrected chi connectivity index (χ3v) is 2.24. The van der Waals surface area contributed by atoms with Gasteiger partial charge in [-0.3, -0.25) is 0 Å². The van der Waals surface area contributed by atoms with E-state index in [2.05, 4.69) is 5.92 Å². The predicted octanol–water partition coefficient (Wildman–Crippen LogP) is 1.91. The molecule has 1 aromatic rings. The summed E-state index contributed by atoms with van der Waals surface area (Å²) in [5.74, 6) is 2.18. The van der Waals surface area contributed by atoms with Crippen LogP contribution in [0.1, 0.15) is 18.5 Å². The summed E-state index contributed by atoms with van der Waals surface area (Å²) in [6, 6.07) is 4.81. The first-order valence-electron chi connectivity index (χ1n) is 4.76. The summed E-state index contributed by atoms with van der Waals surface area (Å²) in [6.07, 6.45) is 5.16. The zero-order valence-corrected chi connectivity index (χ0v) is 9.00. The molecule has 1 aromatic carbocycles. The maximum atomic E-state index is 13.6. The maximum absolute atomic E-state index is 13.6. The molecule has 0 radical (unpaired) electrons. The van der Waals surface area contributed by atoms with Crippen molar-refractivity contribution in [2.45, 2.75) is 13.0 Å². The van der Waals surface area contributed by atoms with E-state index in [1.54, 1.807) is 18.0 Å². The molecule has 0 saturated carbocycles. The van der Waals surface area contributed by atoms with E-state index < -0.39 is 0 Å². The van der Waals surface area contributed by atoms with Crippen LogP contribution in [-0.4, -0.2) is 13.6 Å². The highest BCUT2D eigenvalue weighted by atomic mass is 19.1. The molecular formula is C12H15FN2. The lowest BCUT2D eigenvalue weighted by molar-refractivity contribution is 0.619. The number of rotatable bonds is 3. The third-order valence-electron chi connectivity index (χ3n) is 2.24. The van der Waals surface area contributed by atoms with Crippen molar-refractivity contribution in [3.63, 3.8) is 0 Å². The molecule has 0 amide bonds. The average molecular weight is 206 g/mol. The first-order chi connectivity index (χ1) is 7.06. The molecule has 0 aliphatic rings. The van der Waals surface area contributed by atoms with E-state index in [-0.39, 0.29) is 11.9 Å². The number of nitrogens with two attached hydrogens (primary N) is 1. The minimum absolute atomic E-state index is 0.161. The zero-order valence-electron chi connectivity index (χ0n) is 9.00. The quantitative estimate of drug-likeness (QED) is 0.765. The molecule has 1 rings (SSSR count). The van der Waals surface area contributed by atoms with E-state index in [1.165, 1.54) is 6.07 Å². The second kappa shape index (κ2) is 4.81. The molecule has 0 aliphatic carbocycles. The molecule has 1 atom stereocenters. The van der Waals surface area contributed by atoms with Gasteiger partial charge in [0.15, 0.2) is 0 Å². The van der Waals surface area contributed by atoms with Crippen molar-refractivity contribution in [1.29, 1.82) is 0 Å². The number of hydrogen-bond donors (Lipinski definition) is 1. The second-order valence-corrected chi connectivity index (χ2v) is 3.56. The minimum Gasteiger partial charge on any atom is -0.361 e. The average Bonchev–Trinajstić information content (AvgIpc) is 2.17. The van der Waals surface area contributed by atoms with Crippen LogP contribution in [-0.2, 0) is 0 Å². The summed E-state index contributed by atoms with van der Waals surface area (Å²) in [5.41, 5.74) is 6.94. The Balaban J connectivity index is 2.98. The molecule has 0 aromatic heterocycles. The Bertz CT molecular complexity index is 380. The van der Waals surface area contributed by atoms with E-state index in [0.29, 0.717) is 12.2 Å². The van der Waals surface area contributed by atoms with Gasteiger partial charge in [-0.05, 0) is 24.6 Å². The molecule has 2 N–H and O–H groups in total. The van der Waals surface area contributed by atoms with Crippen LogP contribution in [0.5, 0.6) is 0 Å². The van der Waals surface area contributed by atoms with Gasteiger partial charge in [-0.25, -0.2) is 4.39 Å². The highest BCUT2D eigenvalue weighted by molar-refractivity contribution is 5.49. The highest BCUT2D eigenvalue weighted by Gasteiger charge is 2.08. The minimum atomic E-state index is -0.289. The topological polar surface area (TPSA) is 29.3 Å². The van der Waals surface area contributed by atoms with Gasteiger partial charge in [0, 0.05) is 13.1 Å². The van der Waals surface area contributed by atoms with Crippen LogP contribution in [0.15, 0.2) is 18.2 Å². The number of halogens is 1. The highest BCUT2D eigenvalue weighted by Crippen LogP contribution is 2.21. The number of nitrogens with zero attached hydrogens (tertiary/aromatic N) is 1. The second-order valence-electron chi connectivity index (χ2n) is 3.56. The molecule has 0 bridgehead atoms. The van der Waals surface area contributed by atoms with Gasteiger partial charge in [0.05, 0.1) is 12.2 Å². The van der Waals surface area contributed by atoms with E-state index in [4.69, 9.17) is 12.2 Å². The summed E-state index contributed by atoms with van der Waals surface area (Å²) in [5, 5.41) is 0. The lowest BCUT2D eigenvalue weighted by Crippen LogP contribution is -2.18. The Morgan fingerprint density at radius 3 is 2.73 bits per heavy atom. The van der Waals surface area contributed by atoms with E-state index in [1.807, 2.05) is 13.0 Å². The van der Waals surface area contributed by atoms with Gasteiger partial charge in [-0.1, -0.05) is 12.0 Å². The Kier molecular flexibility index (Phi) is 3.70. The Morgan fingerprint density at radius 2 is 2.27 bits per heavy atom. The lowest BCUT2D eigenvalue weighted by atomic mass is 10.1. The standard InChI is InChI=1S/C12H15FN2/c1-4-7-15(3)12-6-5-10(9(2)14)8-11(12)13/h1,5-6,8-9H,7,14H2,2-3H3/t9-/m0/s1. The van der Waals surface area contributed by atoms with Crippen molar-refractivity contribution in [1.82, 2.24) is 0 Å². The Labute approximate surface area is 89.9 Å². The Hall–Kier alpha value is -1.53. The van der Waals surface area contributed by atoms with Crippen molar-refractivity contribution < 1.29 is 4.39 Å². The van der Waals surface area contributed by atoms with Crippen molar-refractivity contribution >= 4 is 5.69 Å². The van der Waals surface area contributed by atoms with Gasteiger partial charge >= 0.3 is 0 Å². The molecule has 0 spiro atoms. The van der Waals surface area contributed by atoms with Gasteiger partial charge in [0.25, 0.3) is 0 Å². The lowest BCUT2D eigenvalue weighted by Gasteiger charge is -2.18. The molecule has 0 heterocycles. The number of terminal acetylenes is 1. The molecule has 80 valence electrons. The fourth-order valence-corrected chi connectivity index (χ4v) is 1.34. The van der Waals surface area contributed by atoms with Crippen LogP contribution in [0.4, 0.5) is 10.1 Å². The van der Waals surface area contributed by atoms with E-state index in [9.17, 15) is 4.39 Å². The summed E-state index contributed by atoms with van der Waals surface area (Å²) in [7, 11) is 1.75. The van der Waals surface area contributed by atoms with Gasteiger partial charge in [-0.2, -0.15) is 0 Å². The molecule has 2 nitrogen and oxygen atoms in total. The summed E-state index contributed by atoms with van der Waals surface area (Å²) >= 11 is 0. The third kappa shape index (κ3) is 2.71. The predicted molar refractivity (Wildman–Crippen MR) is 61.1 cm³/mol. The van der Waals surface area contributed by atoms with Crippen LogP contribution in [0.3, 0.4) is 0 Å². The van der Waals surface area contributed by atoms with Crippen molar-refractivity contribution in [3.8, 4) is 12.3 Å². The van der Waals surface area contributed by atoms with Crippen LogP contribution >= 0.6 is 0 Å². The molecule has 3 heteroatoms. The first-order valence-corrected chi connectivity index (χ1v) is 4.76. The number of hydrogen-bond acceptors (Lipinski definition) is 2. The maximum Gasteiger partial charge on any atom is 0.146 e. The van der Waals surface area contributed by atoms with Crippen LogP contribution in [0, 0.1) is 18.2 Å². The van der Waals surface area contributed by atoms with Gasteiger partial charge in [0.2, 0.25) is 0 Å². The molecular weight excluding hydrogens is 191 g/mol. The van der Waals surface area contributed by atoms with Crippen molar-refractivity contribution in [2.24, 2.45) is 5.73 Å². The van der Waals surface area contributed by atoms with Crippen LogP contribution < -0.4 is 10.6 Å². The monoisotopic (exact) mass is 206 g/mol.